The summed E-state index contributed by atoms with van der Waals surface area (Å²) in [4.78, 5) is 74.9. The number of carboxylic acid groups (broad SMARTS) is 1. The molecule has 2 heterocycles. The van der Waals surface area contributed by atoms with Gasteiger partial charge in [-0.1, -0.05) is 86.3 Å². The smallest absolute Gasteiger partial charge is 0.305 e. The number of methoxy groups -OCH3 is 1. The van der Waals surface area contributed by atoms with E-state index in [0.717, 1.165) is 108 Å². The van der Waals surface area contributed by atoms with Gasteiger partial charge in [-0.15, -0.1) is 0 Å². The van der Waals surface area contributed by atoms with Crippen LogP contribution in [-0.4, -0.2) is 82.5 Å². The molecule has 0 spiro atoms. The minimum Gasteiger partial charge on any atom is -0.481 e. The number of benzene rings is 2. The molecule has 0 aliphatic carbocycles. The second kappa shape index (κ2) is 26.5. The van der Waals surface area contributed by atoms with Crippen LogP contribution in [0.3, 0.4) is 0 Å². The monoisotopic (exact) mass is 760 g/mol. The van der Waals surface area contributed by atoms with Crippen LogP contribution in [-0.2, 0) is 46.3 Å². The molecule has 10 heteroatoms. The lowest BCUT2D eigenvalue weighted by Gasteiger charge is -2.36. The van der Waals surface area contributed by atoms with Crippen molar-refractivity contribution in [1.82, 2.24) is 9.80 Å². The SMILES string of the molecule is COC(=O)CCCCCCN1C(=O)CCCC1CCC(=O)Cc1ccccc1.O=C(O)CCCCCCN1C(=O)CCCC1CCC(=O)Cc1ccccc1. The quantitative estimate of drug-likeness (QED) is 0.0838. The Morgan fingerprint density at radius 3 is 1.44 bits per heavy atom. The molecule has 2 amide bonds. The van der Waals surface area contributed by atoms with Crippen molar-refractivity contribution in [2.75, 3.05) is 20.2 Å². The Morgan fingerprint density at radius 2 is 1.02 bits per heavy atom. The van der Waals surface area contributed by atoms with Gasteiger partial charge >= 0.3 is 11.9 Å². The number of hydrogen-bond acceptors (Lipinski definition) is 7. The van der Waals surface area contributed by atoms with Crippen LogP contribution in [0.2, 0.25) is 0 Å². The normalized spacial score (nSPS) is 17.0. The number of likely N-dealkylation sites (tertiary alicyclic amines) is 2. The maximum Gasteiger partial charge on any atom is 0.305 e. The number of nitrogens with zero attached hydrogens (tertiary/aromatic N) is 2. The number of hydrogen-bond donors (Lipinski definition) is 1. The molecular formula is C45H64N2O8. The molecule has 2 fully saturated rings. The molecule has 2 aromatic carbocycles. The summed E-state index contributed by atoms with van der Waals surface area (Å²) in [5.74, 6) is -0.0127. The largest absolute Gasteiger partial charge is 0.481 e. The second-order valence-corrected chi connectivity index (χ2v) is 15.0. The third-order valence-electron chi connectivity index (χ3n) is 10.7. The zero-order valence-electron chi connectivity index (χ0n) is 33.1. The van der Waals surface area contributed by atoms with Crippen molar-refractivity contribution in [1.29, 1.82) is 0 Å². The lowest BCUT2D eigenvalue weighted by atomic mass is 9.94. The van der Waals surface area contributed by atoms with Crippen LogP contribution in [0.15, 0.2) is 60.7 Å². The predicted octanol–water partition coefficient (Wildman–Crippen LogP) is 8.08. The molecule has 10 nitrogen and oxygen atoms in total. The summed E-state index contributed by atoms with van der Waals surface area (Å²) in [6, 6.07) is 20.0. The number of esters is 1. The molecule has 2 atom stereocenters. The van der Waals surface area contributed by atoms with Crippen LogP contribution in [0.25, 0.3) is 0 Å². The van der Waals surface area contributed by atoms with Crippen molar-refractivity contribution < 1.29 is 38.6 Å². The first-order valence-electron chi connectivity index (χ1n) is 20.6. The fourth-order valence-electron chi connectivity index (χ4n) is 7.60. The van der Waals surface area contributed by atoms with Gasteiger partial charge in [0, 0.05) is 76.5 Å². The van der Waals surface area contributed by atoms with Crippen molar-refractivity contribution in [2.24, 2.45) is 0 Å². The van der Waals surface area contributed by atoms with Gasteiger partial charge in [0.05, 0.1) is 7.11 Å². The van der Waals surface area contributed by atoms with E-state index in [0.29, 0.717) is 51.4 Å². The molecule has 1 N–H and O–H groups in total. The van der Waals surface area contributed by atoms with E-state index in [1.807, 2.05) is 70.5 Å². The average molecular weight is 761 g/mol. The van der Waals surface area contributed by atoms with Gasteiger partial charge in [0.1, 0.15) is 11.6 Å². The van der Waals surface area contributed by atoms with Crippen LogP contribution in [0.4, 0.5) is 0 Å². The molecule has 2 aliphatic heterocycles. The first kappa shape index (κ1) is 45.1. The minimum absolute atomic E-state index is 0.161. The molecule has 4 rings (SSSR count). The van der Waals surface area contributed by atoms with Crippen LogP contribution in [0.1, 0.15) is 140 Å². The van der Waals surface area contributed by atoms with Gasteiger partial charge in [0.2, 0.25) is 11.8 Å². The van der Waals surface area contributed by atoms with E-state index in [2.05, 4.69) is 4.74 Å². The Labute approximate surface area is 328 Å². The lowest BCUT2D eigenvalue weighted by molar-refractivity contribution is -0.141. The summed E-state index contributed by atoms with van der Waals surface area (Å²) in [6.07, 6.45) is 16.4. The fraction of sp³-hybridized carbons (Fsp3) is 0.600. The van der Waals surface area contributed by atoms with E-state index in [4.69, 9.17) is 5.11 Å². The minimum atomic E-state index is -0.749. The number of carbonyl (C=O) groups excluding carboxylic acids is 5. The summed E-state index contributed by atoms with van der Waals surface area (Å²) < 4.78 is 4.64. The van der Waals surface area contributed by atoms with Gasteiger partial charge < -0.3 is 19.6 Å². The Bertz CT molecular complexity index is 1460. The summed E-state index contributed by atoms with van der Waals surface area (Å²) in [5.41, 5.74) is 2.09. The molecule has 2 aromatic rings. The number of Topliss-reactive ketones (excluding diaryl/α,β-unsaturated/α-hetero) is 2. The Kier molecular flexibility index (Phi) is 21.7. The zero-order valence-corrected chi connectivity index (χ0v) is 33.1. The predicted molar refractivity (Wildman–Crippen MR) is 213 cm³/mol. The summed E-state index contributed by atoms with van der Waals surface area (Å²) in [6.45, 7) is 1.48. The molecule has 55 heavy (non-hydrogen) atoms. The van der Waals surface area contributed by atoms with Gasteiger partial charge in [-0.25, -0.2) is 0 Å². The third-order valence-corrected chi connectivity index (χ3v) is 10.7. The number of amides is 2. The van der Waals surface area contributed by atoms with Crippen molar-refractivity contribution in [3.63, 3.8) is 0 Å². The van der Waals surface area contributed by atoms with Crippen LogP contribution in [0, 0.1) is 0 Å². The van der Waals surface area contributed by atoms with E-state index in [1.165, 1.54) is 7.11 Å². The first-order valence-corrected chi connectivity index (χ1v) is 20.6. The second-order valence-electron chi connectivity index (χ2n) is 15.0. The van der Waals surface area contributed by atoms with Gasteiger partial charge in [0.15, 0.2) is 0 Å². The highest BCUT2D eigenvalue weighted by atomic mass is 16.5. The molecule has 0 aromatic heterocycles. The Morgan fingerprint density at radius 1 is 0.600 bits per heavy atom. The zero-order chi connectivity index (χ0) is 39.7. The maximum atomic E-state index is 12.4. The maximum absolute atomic E-state index is 12.4. The highest BCUT2D eigenvalue weighted by molar-refractivity contribution is 5.82. The third kappa shape index (κ3) is 18.7. The molecule has 0 radical (unpaired) electrons. The summed E-state index contributed by atoms with van der Waals surface area (Å²) >= 11 is 0. The standard InChI is InChI=1S/C23H33NO4.C22H31NO4/c1-28-23(27)14-7-2-3-8-17-24-20(12-9-13-22(24)26)15-16-21(25)18-19-10-5-4-6-11-19;24-20(17-18-9-4-3-5-10-18)15-14-19-11-8-12-21(25)23(19)16-7-2-1-6-13-22(26)27/h4-6,10-11,20H,2-3,7-9,12-18H2,1H3;3-5,9-10,19H,1-2,6-8,11-17H2,(H,26,27). The fourth-order valence-corrected chi connectivity index (χ4v) is 7.60. The van der Waals surface area contributed by atoms with Gasteiger partial charge in [-0.05, 0) is 75.3 Å². The number of rotatable bonds is 24. The molecule has 0 bridgehead atoms. The number of ether oxygens (including phenoxy) is 1. The topological polar surface area (TPSA) is 138 Å². The average Bonchev–Trinajstić information content (AvgIpc) is 3.18. The van der Waals surface area contributed by atoms with E-state index < -0.39 is 5.97 Å². The van der Waals surface area contributed by atoms with Crippen LogP contribution in [0.5, 0.6) is 0 Å². The Hall–Kier alpha value is -4.34. The van der Waals surface area contributed by atoms with Crippen molar-refractivity contribution in [3.05, 3.63) is 71.8 Å². The highest BCUT2D eigenvalue weighted by Gasteiger charge is 2.29. The first-order chi connectivity index (χ1) is 26.7. The summed E-state index contributed by atoms with van der Waals surface area (Å²) in [7, 11) is 1.41. The molecular weight excluding hydrogens is 697 g/mol. The molecule has 2 unspecified atom stereocenters. The van der Waals surface area contributed by atoms with Crippen molar-refractivity contribution >= 4 is 35.3 Å². The number of piperidine rings is 2. The van der Waals surface area contributed by atoms with Crippen molar-refractivity contribution in [3.8, 4) is 0 Å². The van der Waals surface area contributed by atoms with Gasteiger partial charge in [-0.2, -0.15) is 0 Å². The molecule has 0 saturated carbocycles. The highest BCUT2D eigenvalue weighted by Crippen LogP contribution is 2.25. The van der Waals surface area contributed by atoms with E-state index in [-0.39, 0.29) is 47.9 Å². The van der Waals surface area contributed by atoms with Gasteiger partial charge in [0.25, 0.3) is 0 Å². The Balaban J connectivity index is 0.000000296. The molecule has 2 saturated heterocycles. The van der Waals surface area contributed by atoms with Crippen LogP contribution < -0.4 is 0 Å². The van der Waals surface area contributed by atoms with E-state index >= 15 is 0 Å². The van der Waals surface area contributed by atoms with E-state index in [9.17, 15) is 28.8 Å². The lowest BCUT2D eigenvalue weighted by Crippen LogP contribution is -2.44. The molecule has 302 valence electrons. The molecule has 2 aliphatic rings. The number of carboxylic acids is 1. The van der Waals surface area contributed by atoms with Crippen LogP contribution >= 0.6 is 0 Å². The van der Waals surface area contributed by atoms with E-state index in [1.54, 1.807) is 0 Å². The number of unbranched alkanes of at least 4 members (excludes halogenated alkanes) is 6. The van der Waals surface area contributed by atoms with Gasteiger partial charge in [-0.3, -0.25) is 28.8 Å². The summed E-state index contributed by atoms with van der Waals surface area (Å²) in [5, 5.41) is 8.66. The number of aliphatic carboxylic acids is 1. The number of ketones is 2. The number of carbonyl (C=O) groups is 6. The van der Waals surface area contributed by atoms with Crippen molar-refractivity contribution in [2.45, 2.75) is 153 Å².